The number of aliphatic hydroxyl groups excluding tert-OH is 2. The van der Waals surface area contributed by atoms with Crippen molar-refractivity contribution in [1.82, 2.24) is 0 Å². The largest absolute Gasteiger partial charge is 0.390 e. The third kappa shape index (κ3) is 1.35. The van der Waals surface area contributed by atoms with Gasteiger partial charge in [0.15, 0.2) is 6.29 Å². The molecule has 4 unspecified atom stereocenters. The molecule has 0 aromatic heterocycles. The summed E-state index contributed by atoms with van der Waals surface area (Å²) in [5.41, 5.74) is 0.333. The smallest absolute Gasteiger partial charge is 0.343 e. The molecule has 2 saturated heterocycles. The number of hydrogen-bond acceptors (Lipinski definition) is 4. The van der Waals surface area contributed by atoms with E-state index in [4.69, 9.17) is 8.85 Å². The average Bonchev–Trinajstić information content (AvgIpc) is 2.35. The van der Waals surface area contributed by atoms with Crippen molar-refractivity contribution >= 4 is 8.56 Å². The summed E-state index contributed by atoms with van der Waals surface area (Å²) in [7, 11) is -2.17. The van der Waals surface area contributed by atoms with Crippen LogP contribution in [0.15, 0.2) is 0 Å². The molecule has 0 amide bonds. The van der Waals surface area contributed by atoms with E-state index in [9.17, 15) is 10.2 Å². The molecule has 0 aliphatic carbocycles. The Labute approximate surface area is 78.7 Å². The van der Waals surface area contributed by atoms with E-state index >= 15 is 0 Å². The van der Waals surface area contributed by atoms with Crippen LogP contribution in [0.5, 0.6) is 0 Å². The van der Waals surface area contributed by atoms with Crippen LogP contribution in [0.1, 0.15) is 20.3 Å². The highest BCUT2D eigenvalue weighted by Gasteiger charge is 2.57. The first kappa shape index (κ1) is 9.61. The highest BCUT2D eigenvalue weighted by atomic mass is 28.4. The van der Waals surface area contributed by atoms with E-state index in [0.29, 0.717) is 12.0 Å². The third-order valence-corrected chi connectivity index (χ3v) is 7.04. The second-order valence-corrected chi connectivity index (χ2v) is 7.91. The molecule has 0 saturated carbocycles. The molecular weight excluding hydrogens is 188 g/mol. The second-order valence-electron chi connectivity index (χ2n) is 4.16. The molecule has 4 nitrogen and oxygen atoms in total. The van der Waals surface area contributed by atoms with Gasteiger partial charge in [0.05, 0.1) is 6.10 Å². The van der Waals surface area contributed by atoms with Gasteiger partial charge in [-0.25, -0.2) is 0 Å². The van der Waals surface area contributed by atoms with Gasteiger partial charge in [-0.15, -0.1) is 0 Å². The van der Waals surface area contributed by atoms with Crippen LogP contribution in [0, 0.1) is 0 Å². The van der Waals surface area contributed by atoms with Crippen LogP contribution in [0.25, 0.3) is 0 Å². The molecule has 0 aromatic rings. The standard InChI is InChI=1S/C8H16O4Si/c1-5(2)13-4-3-6(9)7(11-13)8(10)12-13/h5-10H,3-4H2,1-2H3. The summed E-state index contributed by atoms with van der Waals surface area (Å²) < 4.78 is 11.2. The lowest BCUT2D eigenvalue weighted by Gasteiger charge is -2.33. The van der Waals surface area contributed by atoms with Crippen molar-refractivity contribution in [1.29, 1.82) is 0 Å². The highest BCUT2D eigenvalue weighted by molar-refractivity contribution is 6.69. The summed E-state index contributed by atoms with van der Waals surface area (Å²) >= 11 is 0. The number of rotatable bonds is 1. The lowest BCUT2D eigenvalue weighted by atomic mass is 10.1. The molecule has 2 heterocycles. The first-order valence-corrected chi connectivity index (χ1v) is 6.87. The Morgan fingerprint density at radius 3 is 2.62 bits per heavy atom. The number of hydrogen-bond donors (Lipinski definition) is 2. The summed E-state index contributed by atoms with van der Waals surface area (Å²) in [6.45, 7) is 4.11. The van der Waals surface area contributed by atoms with Crippen molar-refractivity contribution in [2.45, 2.75) is 50.4 Å². The Kier molecular flexibility index (Phi) is 2.24. The monoisotopic (exact) mass is 204 g/mol. The zero-order valence-corrected chi connectivity index (χ0v) is 8.93. The number of fused-ring (bicyclic) bond motifs is 2. The van der Waals surface area contributed by atoms with Gasteiger partial charge in [-0.05, 0) is 18.0 Å². The molecule has 76 valence electrons. The molecule has 13 heavy (non-hydrogen) atoms. The Hall–Kier alpha value is 0.0569. The molecule has 4 atom stereocenters. The highest BCUT2D eigenvalue weighted by Crippen LogP contribution is 2.42. The zero-order valence-electron chi connectivity index (χ0n) is 7.93. The minimum atomic E-state index is -2.17. The summed E-state index contributed by atoms with van der Waals surface area (Å²) in [6, 6.07) is 0.791. The van der Waals surface area contributed by atoms with Crippen molar-refractivity contribution in [3.8, 4) is 0 Å². The van der Waals surface area contributed by atoms with Crippen LogP contribution in [-0.2, 0) is 8.85 Å². The van der Waals surface area contributed by atoms with E-state index in [1.807, 2.05) is 0 Å². The van der Waals surface area contributed by atoms with Crippen molar-refractivity contribution in [3.63, 3.8) is 0 Å². The minimum absolute atomic E-state index is 0.333. The first-order chi connectivity index (χ1) is 6.05. The van der Waals surface area contributed by atoms with E-state index in [1.54, 1.807) is 0 Å². The molecule has 2 fully saturated rings. The fourth-order valence-electron chi connectivity index (χ4n) is 2.05. The van der Waals surface area contributed by atoms with Gasteiger partial charge >= 0.3 is 8.56 Å². The predicted octanol–water partition coefficient (Wildman–Crippen LogP) is 0.337. The Morgan fingerprint density at radius 1 is 1.31 bits per heavy atom. The quantitative estimate of drug-likeness (QED) is 0.605. The Morgan fingerprint density at radius 2 is 2.00 bits per heavy atom. The van der Waals surface area contributed by atoms with Gasteiger partial charge < -0.3 is 19.1 Å². The van der Waals surface area contributed by atoms with Crippen LogP contribution in [-0.4, -0.2) is 37.3 Å². The van der Waals surface area contributed by atoms with Gasteiger partial charge in [0.25, 0.3) is 0 Å². The number of aliphatic hydroxyl groups is 2. The maximum absolute atomic E-state index is 9.52. The molecule has 0 radical (unpaired) electrons. The van der Waals surface area contributed by atoms with Crippen LogP contribution in [0.2, 0.25) is 11.6 Å². The van der Waals surface area contributed by atoms with Gasteiger partial charge in [-0.1, -0.05) is 13.8 Å². The summed E-state index contributed by atoms with van der Waals surface area (Å²) in [6.07, 6.45) is -1.27. The summed E-state index contributed by atoms with van der Waals surface area (Å²) in [5.74, 6) is 0. The molecule has 2 bridgehead atoms. The van der Waals surface area contributed by atoms with Crippen molar-refractivity contribution in [3.05, 3.63) is 0 Å². The Balaban J connectivity index is 2.19. The molecule has 2 aliphatic heterocycles. The van der Waals surface area contributed by atoms with Gasteiger partial charge in [-0.3, -0.25) is 0 Å². The molecule has 2 N–H and O–H groups in total. The maximum Gasteiger partial charge on any atom is 0.343 e. The van der Waals surface area contributed by atoms with Crippen LogP contribution in [0.4, 0.5) is 0 Å². The molecule has 0 spiro atoms. The molecule has 5 heteroatoms. The Bertz CT molecular complexity index is 210. The maximum atomic E-state index is 9.52. The lowest BCUT2D eigenvalue weighted by molar-refractivity contribution is -0.0825. The lowest BCUT2D eigenvalue weighted by Crippen LogP contribution is -2.47. The predicted molar refractivity (Wildman–Crippen MR) is 48.2 cm³/mol. The third-order valence-electron chi connectivity index (χ3n) is 2.98. The fourth-order valence-corrected chi connectivity index (χ4v) is 5.44. The second kappa shape index (κ2) is 3.03. The summed E-state index contributed by atoms with van der Waals surface area (Å²) in [4.78, 5) is 0. The van der Waals surface area contributed by atoms with Crippen LogP contribution >= 0.6 is 0 Å². The van der Waals surface area contributed by atoms with Gasteiger partial charge in [0.1, 0.15) is 6.10 Å². The van der Waals surface area contributed by atoms with E-state index in [1.165, 1.54) is 0 Å². The van der Waals surface area contributed by atoms with Crippen molar-refractivity contribution in [2.24, 2.45) is 0 Å². The molecule has 2 aliphatic rings. The first-order valence-electron chi connectivity index (χ1n) is 4.77. The van der Waals surface area contributed by atoms with Crippen LogP contribution < -0.4 is 0 Å². The van der Waals surface area contributed by atoms with Gasteiger partial charge in [0.2, 0.25) is 0 Å². The van der Waals surface area contributed by atoms with E-state index in [-0.39, 0.29) is 0 Å². The topological polar surface area (TPSA) is 58.9 Å². The van der Waals surface area contributed by atoms with Gasteiger partial charge in [-0.2, -0.15) is 0 Å². The van der Waals surface area contributed by atoms with E-state index < -0.39 is 27.1 Å². The van der Waals surface area contributed by atoms with Crippen molar-refractivity contribution < 1.29 is 19.1 Å². The van der Waals surface area contributed by atoms with Crippen molar-refractivity contribution in [2.75, 3.05) is 0 Å². The average molecular weight is 204 g/mol. The van der Waals surface area contributed by atoms with Gasteiger partial charge in [0, 0.05) is 0 Å². The van der Waals surface area contributed by atoms with Crippen LogP contribution in [0.3, 0.4) is 0 Å². The van der Waals surface area contributed by atoms with E-state index in [0.717, 1.165) is 6.04 Å². The fraction of sp³-hybridized carbons (Fsp3) is 1.00. The normalized spacial score (nSPS) is 50.1. The molecule has 0 aromatic carbocycles. The zero-order chi connectivity index (χ0) is 9.64. The van der Waals surface area contributed by atoms with E-state index in [2.05, 4.69) is 13.8 Å². The summed E-state index contributed by atoms with van der Waals surface area (Å²) in [5, 5.41) is 19.0. The minimum Gasteiger partial charge on any atom is -0.390 e. The molecule has 2 rings (SSSR count). The molecular formula is C8H16O4Si. The SMILES string of the molecule is CC(C)[Si]12CCC(O)C(O1)C(O)O2.